The molecule has 4 aromatic rings. The number of carbonyl (C=O) groups is 1. The number of halogens is 1. The predicted octanol–water partition coefficient (Wildman–Crippen LogP) is 8.24. The van der Waals surface area contributed by atoms with E-state index >= 15 is 0 Å². The molecular weight excluding hydrogens is 440 g/mol. The van der Waals surface area contributed by atoms with Crippen LogP contribution in [0.1, 0.15) is 61.9 Å². The van der Waals surface area contributed by atoms with E-state index in [0.717, 1.165) is 33.4 Å². The number of fused-ring (bicyclic) bond motifs is 1. The molecule has 0 atom stereocenters. The first-order valence-corrected chi connectivity index (χ1v) is 12.3. The number of hydrogen-bond donors (Lipinski definition) is 1. The van der Waals surface area contributed by atoms with Gasteiger partial charge in [-0.1, -0.05) is 81.8 Å². The smallest absolute Gasteiger partial charge is 0.230 e. The maximum Gasteiger partial charge on any atom is 0.230 e. The molecule has 34 heavy (non-hydrogen) atoms. The quantitative estimate of drug-likeness (QED) is 0.301. The predicted molar refractivity (Wildman–Crippen MR) is 145 cm³/mol. The van der Waals surface area contributed by atoms with E-state index < -0.39 is 0 Å². The van der Waals surface area contributed by atoms with E-state index in [9.17, 15) is 4.79 Å². The van der Waals surface area contributed by atoms with Crippen molar-refractivity contribution in [2.24, 2.45) is 7.05 Å². The van der Waals surface area contributed by atoms with Crippen molar-refractivity contribution >= 4 is 34.1 Å². The molecule has 0 radical (unpaired) electrons. The number of nitrogens with zero attached hydrogens (tertiary/aromatic N) is 1. The van der Waals surface area contributed by atoms with E-state index in [4.69, 9.17) is 11.6 Å². The first kappa shape index (κ1) is 24.1. The largest absolute Gasteiger partial charge is 0.347 e. The molecule has 1 heterocycles. The number of anilines is 1. The molecule has 0 aliphatic rings. The lowest BCUT2D eigenvalue weighted by Gasteiger charge is -2.20. The van der Waals surface area contributed by atoms with E-state index in [1.54, 1.807) is 0 Å². The van der Waals surface area contributed by atoms with Gasteiger partial charge in [-0.2, -0.15) is 0 Å². The van der Waals surface area contributed by atoms with Gasteiger partial charge in [0.2, 0.25) is 5.91 Å². The lowest BCUT2D eigenvalue weighted by atomic mass is 9.92. The van der Waals surface area contributed by atoms with Crippen LogP contribution in [0.15, 0.2) is 60.7 Å². The van der Waals surface area contributed by atoms with Gasteiger partial charge in [0.25, 0.3) is 0 Å². The fraction of sp³-hybridized carbons (Fsp3) is 0.300. The van der Waals surface area contributed by atoms with Gasteiger partial charge in [-0.3, -0.25) is 4.79 Å². The summed E-state index contributed by atoms with van der Waals surface area (Å²) in [4.78, 5) is 13.5. The fourth-order valence-corrected chi connectivity index (χ4v) is 5.03. The zero-order valence-corrected chi connectivity index (χ0v) is 21.6. The van der Waals surface area contributed by atoms with Crippen LogP contribution in [0, 0.1) is 6.92 Å². The monoisotopic (exact) mass is 472 g/mol. The lowest BCUT2D eigenvalue weighted by Crippen LogP contribution is -2.19. The first-order valence-electron chi connectivity index (χ1n) is 11.9. The Hall–Kier alpha value is -3.04. The van der Waals surface area contributed by atoms with Gasteiger partial charge in [0.05, 0.1) is 6.42 Å². The average Bonchev–Trinajstić information content (AvgIpc) is 3.04. The number of benzene rings is 3. The molecule has 0 saturated carbocycles. The molecule has 0 fully saturated rings. The van der Waals surface area contributed by atoms with Gasteiger partial charge in [-0.15, -0.1) is 0 Å². The van der Waals surface area contributed by atoms with Gasteiger partial charge in [0.1, 0.15) is 0 Å². The van der Waals surface area contributed by atoms with E-state index in [1.165, 1.54) is 16.7 Å². The third-order valence-corrected chi connectivity index (χ3v) is 6.90. The molecule has 0 spiro atoms. The molecule has 4 heteroatoms. The highest BCUT2D eigenvalue weighted by atomic mass is 35.5. The van der Waals surface area contributed by atoms with Crippen molar-refractivity contribution in [2.45, 2.75) is 52.9 Å². The van der Waals surface area contributed by atoms with E-state index in [2.05, 4.69) is 74.8 Å². The Morgan fingerprint density at radius 1 is 0.941 bits per heavy atom. The highest BCUT2D eigenvalue weighted by molar-refractivity contribution is 6.31. The molecule has 0 unspecified atom stereocenters. The summed E-state index contributed by atoms with van der Waals surface area (Å²) in [5.41, 5.74) is 8.72. The molecule has 1 amide bonds. The molecule has 1 N–H and O–H groups in total. The molecule has 0 saturated heterocycles. The van der Waals surface area contributed by atoms with E-state index in [0.29, 0.717) is 16.9 Å². The number of aromatic nitrogens is 1. The van der Waals surface area contributed by atoms with Crippen LogP contribution < -0.4 is 5.32 Å². The number of aryl methyl sites for hydroxylation is 2. The Kier molecular flexibility index (Phi) is 6.86. The summed E-state index contributed by atoms with van der Waals surface area (Å²) in [6.07, 6.45) is 0.274. The highest BCUT2D eigenvalue weighted by Gasteiger charge is 2.22. The number of hydrogen-bond acceptors (Lipinski definition) is 1. The standard InChI is InChI=1S/C30H33ClN2O/c1-18(2)22-12-9-13-23(19(3)4)30(22)32-28(34)17-27-29(24-11-8-7-10-20(24)5)25-16-21(31)14-15-26(25)33(27)6/h7-16,18-19H,17H2,1-6H3,(H,32,34). The Labute approximate surface area is 207 Å². The van der Waals surface area contributed by atoms with Crippen LogP contribution in [0.3, 0.4) is 0 Å². The maximum atomic E-state index is 13.5. The van der Waals surface area contributed by atoms with Gasteiger partial charge >= 0.3 is 0 Å². The third kappa shape index (κ3) is 4.50. The van der Waals surface area contributed by atoms with Crippen molar-refractivity contribution in [1.82, 2.24) is 4.57 Å². The summed E-state index contributed by atoms with van der Waals surface area (Å²) < 4.78 is 2.13. The number of amides is 1. The highest BCUT2D eigenvalue weighted by Crippen LogP contribution is 2.38. The van der Waals surface area contributed by atoms with E-state index in [-0.39, 0.29) is 12.3 Å². The SMILES string of the molecule is Cc1ccccc1-c1c(CC(=O)Nc2c(C(C)C)cccc2C(C)C)n(C)c2ccc(Cl)cc12. The van der Waals surface area contributed by atoms with Crippen LogP contribution in [0.5, 0.6) is 0 Å². The Morgan fingerprint density at radius 2 is 1.59 bits per heavy atom. The zero-order valence-electron chi connectivity index (χ0n) is 20.9. The zero-order chi connectivity index (χ0) is 24.6. The molecule has 0 aliphatic carbocycles. The second kappa shape index (κ2) is 9.68. The van der Waals surface area contributed by atoms with Crippen molar-refractivity contribution in [3.05, 3.63) is 88.1 Å². The number of carbonyl (C=O) groups excluding carboxylic acids is 1. The maximum absolute atomic E-state index is 13.5. The van der Waals surface area contributed by atoms with E-state index in [1.807, 2.05) is 37.4 Å². The van der Waals surface area contributed by atoms with Crippen molar-refractivity contribution < 1.29 is 4.79 Å². The minimum absolute atomic E-state index is 0.0122. The van der Waals surface area contributed by atoms with Gasteiger partial charge in [-0.05, 0) is 59.2 Å². The lowest BCUT2D eigenvalue weighted by molar-refractivity contribution is -0.115. The average molecular weight is 473 g/mol. The van der Waals surface area contributed by atoms with Gasteiger partial charge in [-0.25, -0.2) is 0 Å². The first-order chi connectivity index (χ1) is 16.2. The molecule has 3 aromatic carbocycles. The number of rotatable bonds is 6. The van der Waals surface area contributed by atoms with Gasteiger partial charge in [0, 0.05) is 39.9 Å². The minimum atomic E-state index is -0.0122. The van der Waals surface area contributed by atoms with Crippen molar-refractivity contribution in [3.63, 3.8) is 0 Å². The van der Waals surface area contributed by atoms with Crippen molar-refractivity contribution in [1.29, 1.82) is 0 Å². The molecule has 0 bridgehead atoms. The van der Waals surface area contributed by atoms with Crippen LogP contribution in [0.25, 0.3) is 22.0 Å². The molecule has 0 aliphatic heterocycles. The minimum Gasteiger partial charge on any atom is -0.347 e. The van der Waals surface area contributed by atoms with Gasteiger partial charge in [0.15, 0.2) is 0 Å². The molecule has 4 rings (SSSR count). The van der Waals surface area contributed by atoms with Crippen LogP contribution in [-0.2, 0) is 18.3 Å². The van der Waals surface area contributed by atoms with Gasteiger partial charge < -0.3 is 9.88 Å². The number of nitrogens with one attached hydrogen (secondary N) is 1. The second-order valence-electron chi connectivity index (χ2n) is 9.70. The summed E-state index contributed by atoms with van der Waals surface area (Å²) >= 11 is 6.40. The summed E-state index contributed by atoms with van der Waals surface area (Å²) in [5, 5.41) is 5.05. The Balaban J connectivity index is 1.81. The van der Waals surface area contributed by atoms with Crippen LogP contribution in [0.2, 0.25) is 5.02 Å². The summed E-state index contributed by atoms with van der Waals surface area (Å²) in [5.74, 6) is 0.620. The third-order valence-electron chi connectivity index (χ3n) is 6.66. The van der Waals surface area contributed by atoms with Crippen LogP contribution >= 0.6 is 11.6 Å². The fourth-order valence-electron chi connectivity index (χ4n) is 4.86. The molecular formula is C30H33ClN2O. The molecule has 176 valence electrons. The summed E-state index contributed by atoms with van der Waals surface area (Å²) in [6.45, 7) is 10.8. The summed E-state index contributed by atoms with van der Waals surface area (Å²) in [6, 6.07) is 20.6. The van der Waals surface area contributed by atoms with Crippen molar-refractivity contribution in [3.8, 4) is 11.1 Å². The van der Waals surface area contributed by atoms with Crippen LogP contribution in [-0.4, -0.2) is 10.5 Å². The normalized spacial score (nSPS) is 11.6. The second-order valence-corrected chi connectivity index (χ2v) is 10.1. The molecule has 3 nitrogen and oxygen atoms in total. The van der Waals surface area contributed by atoms with Crippen LogP contribution in [0.4, 0.5) is 5.69 Å². The number of para-hydroxylation sites is 1. The summed E-state index contributed by atoms with van der Waals surface area (Å²) in [7, 11) is 2.03. The van der Waals surface area contributed by atoms with Crippen molar-refractivity contribution in [2.75, 3.05) is 5.32 Å². The Morgan fingerprint density at radius 3 is 2.21 bits per heavy atom. The Bertz CT molecular complexity index is 1340. The topological polar surface area (TPSA) is 34.0 Å². The molecule has 1 aromatic heterocycles.